The monoisotopic (exact) mass is 485 g/mol. The van der Waals surface area contributed by atoms with Gasteiger partial charge in [-0.15, -0.1) is 0 Å². The molecule has 3 aliphatic rings. The minimum Gasteiger partial charge on any atom is -0.495 e. The number of hydrogen-bond acceptors (Lipinski definition) is 8. The van der Waals surface area contributed by atoms with Crippen LogP contribution in [0.2, 0.25) is 0 Å². The lowest BCUT2D eigenvalue weighted by Gasteiger charge is -2.35. The summed E-state index contributed by atoms with van der Waals surface area (Å²) in [7, 11) is 1.35. The highest BCUT2D eigenvalue weighted by Gasteiger charge is 2.65. The fourth-order valence-corrected chi connectivity index (χ4v) is 5.63. The van der Waals surface area contributed by atoms with Crippen molar-refractivity contribution < 1.29 is 28.5 Å². The highest BCUT2D eigenvalue weighted by Crippen LogP contribution is 2.54. The first kappa shape index (κ1) is 21.8. The summed E-state index contributed by atoms with van der Waals surface area (Å²) in [6, 6.07) is 12.8. The number of benzene rings is 2. The van der Waals surface area contributed by atoms with E-state index in [0.29, 0.717) is 0 Å². The Bertz CT molecular complexity index is 1460. The number of ether oxygens (including phenoxy) is 1. The summed E-state index contributed by atoms with van der Waals surface area (Å²) in [6.45, 7) is 0. The third-order valence-electron chi connectivity index (χ3n) is 7.11. The van der Waals surface area contributed by atoms with Crippen LogP contribution in [-0.4, -0.2) is 40.6 Å². The third-order valence-corrected chi connectivity index (χ3v) is 7.11. The third kappa shape index (κ3) is 2.94. The number of furan rings is 1. The largest absolute Gasteiger partial charge is 0.495 e. The minimum absolute atomic E-state index is 0.0218. The Morgan fingerprint density at radius 3 is 2.56 bits per heavy atom. The van der Waals surface area contributed by atoms with Crippen molar-refractivity contribution in [1.82, 2.24) is 4.90 Å². The normalized spacial score (nSPS) is 23.9. The van der Waals surface area contributed by atoms with Gasteiger partial charge in [-0.05, 0) is 35.4 Å². The Kier molecular flexibility index (Phi) is 4.78. The molecular formula is C26H19N3O7. The first-order valence-electron chi connectivity index (χ1n) is 11.2. The average molecular weight is 485 g/mol. The molecule has 10 heteroatoms. The number of rotatable bonds is 5. The van der Waals surface area contributed by atoms with Crippen LogP contribution in [0.25, 0.3) is 6.08 Å². The summed E-state index contributed by atoms with van der Waals surface area (Å²) >= 11 is 0. The summed E-state index contributed by atoms with van der Waals surface area (Å²) in [5, 5.41) is 11.4. The lowest BCUT2D eigenvalue weighted by Crippen LogP contribution is -2.44. The molecule has 180 valence electrons. The number of Topliss-reactive ketones (excluding diaryl/α,β-unsaturated/α-hetero) is 1. The van der Waals surface area contributed by atoms with E-state index in [4.69, 9.17) is 9.15 Å². The number of nitro groups is 1. The van der Waals surface area contributed by atoms with E-state index < -0.39 is 46.4 Å². The van der Waals surface area contributed by atoms with Crippen LogP contribution in [-0.2, 0) is 9.59 Å². The number of anilines is 1. The van der Waals surface area contributed by atoms with Gasteiger partial charge in [-0.2, -0.15) is 0 Å². The van der Waals surface area contributed by atoms with Crippen LogP contribution in [0.1, 0.15) is 27.7 Å². The van der Waals surface area contributed by atoms with E-state index in [2.05, 4.69) is 0 Å². The standard InChI is InChI=1S/C26H19N3O7/c1-35-18-9-8-15(29(33)34)13-17(18)28-25(31)20-21(26(28)32)23(24(30)19-7-4-12-36-19)27-11-10-14-5-2-3-6-16(14)22(20)27/h2-13,20-23H,1H3/t20-,21+,22+,23-/m0/s1. The topological polar surface area (TPSA) is 123 Å². The van der Waals surface area contributed by atoms with E-state index in [1.807, 2.05) is 30.3 Å². The molecule has 4 heterocycles. The molecule has 3 aromatic rings. The van der Waals surface area contributed by atoms with Crippen molar-refractivity contribution in [2.75, 3.05) is 12.0 Å². The predicted molar refractivity (Wildman–Crippen MR) is 126 cm³/mol. The molecule has 0 spiro atoms. The number of amides is 2. The molecule has 2 aromatic carbocycles. The van der Waals surface area contributed by atoms with E-state index >= 15 is 0 Å². The van der Waals surface area contributed by atoms with Gasteiger partial charge in [0.05, 0.1) is 36.2 Å². The van der Waals surface area contributed by atoms with Crippen LogP contribution in [0.5, 0.6) is 5.75 Å². The van der Waals surface area contributed by atoms with E-state index in [0.717, 1.165) is 22.1 Å². The Morgan fingerprint density at radius 1 is 1.06 bits per heavy atom. The van der Waals surface area contributed by atoms with Gasteiger partial charge in [0.25, 0.3) is 5.69 Å². The zero-order chi connectivity index (χ0) is 25.1. The molecule has 36 heavy (non-hydrogen) atoms. The number of carbonyl (C=O) groups excluding carboxylic acids is 3. The van der Waals surface area contributed by atoms with Gasteiger partial charge in [-0.25, -0.2) is 4.90 Å². The molecular weight excluding hydrogens is 466 g/mol. The second kappa shape index (κ2) is 7.91. The predicted octanol–water partition coefficient (Wildman–Crippen LogP) is 3.59. The number of nitro benzene ring substituents is 1. The summed E-state index contributed by atoms with van der Waals surface area (Å²) in [6.07, 6.45) is 4.97. The first-order chi connectivity index (χ1) is 17.4. The summed E-state index contributed by atoms with van der Waals surface area (Å²) in [5.41, 5.74) is 1.39. The van der Waals surface area contributed by atoms with E-state index in [1.165, 1.54) is 31.6 Å². The van der Waals surface area contributed by atoms with E-state index in [9.17, 15) is 24.5 Å². The molecule has 0 bridgehead atoms. The Labute approximate surface area is 204 Å². The highest BCUT2D eigenvalue weighted by molar-refractivity contribution is 6.25. The van der Waals surface area contributed by atoms with Gasteiger partial charge < -0.3 is 14.1 Å². The first-order valence-corrected chi connectivity index (χ1v) is 11.2. The second-order valence-corrected chi connectivity index (χ2v) is 8.80. The zero-order valence-electron chi connectivity index (χ0n) is 18.9. The van der Waals surface area contributed by atoms with Crippen LogP contribution in [0.3, 0.4) is 0 Å². The fourth-order valence-electron chi connectivity index (χ4n) is 5.63. The molecule has 3 aliphatic heterocycles. The van der Waals surface area contributed by atoms with Crippen molar-refractivity contribution in [3.05, 3.63) is 94.1 Å². The highest BCUT2D eigenvalue weighted by atomic mass is 16.6. The molecule has 0 saturated carbocycles. The number of methoxy groups -OCH3 is 1. The van der Waals surface area contributed by atoms with E-state index in [1.54, 1.807) is 17.2 Å². The molecule has 4 atom stereocenters. The smallest absolute Gasteiger partial charge is 0.271 e. The van der Waals surface area contributed by atoms with Gasteiger partial charge in [0.1, 0.15) is 17.5 Å². The molecule has 0 N–H and O–H groups in total. The maximum Gasteiger partial charge on any atom is 0.271 e. The van der Waals surface area contributed by atoms with Gasteiger partial charge in [-0.1, -0.05) is 24.3 Å². The van der Waals surface area contributed by atoms with Crippen molar-refractivity contribution in [1.29, 1.82) is 0 Å². The minimum atomic E-state index is -1.03. The number of hydrogen-bond donors (Lipinski definition) is 0. The summed E-state index contributed by atoms with van der Waals surface area (Å²) in [5.74, 6) is -3.28. The van der Waals surface area contributed by atoms with Crippen LogP contribution in [0.4, 0.5) is 11.4 Å². The molecule has 0 aliphatic carbocycles. The number of carbonyl (C=O) groups is 3. The van der Waals surface area contributed by atoms with Crippen LogP contribution in [0, 0.1) is 22.0 Å². The number of fused-ring (bicyclic) bond motifs is 5. The lowest BCUT2D eigenvalue weighted by atomic mass is 9.84. The lowest BCUT2D eigenvalue weighted by molar-refractivity contribution is -0.384. The zero-order valence-corrected chi connectivity index (χ0v) is 18.9. The summed E-state index contributed by atoms with van der Waals surface area (Å²) < 4.78 is 10.7. The fraction of sp³-hybridized carbons (Fsp3) is 0.192. The maximum absolute atomic E-state index is 14.0. The maximum atomic E-state index is 14.0. The van der Waals surface area contributed by atoms with Gasteiger partial charge in [0, 0.05) is 18.3 Å². The van der Waals surface area contributed by atoms with E-state index in [-0.39, 0.29) is 22.9 Å². The molecule has 2 saturated heterocycles. The van der Waals surface area contributed by atoms with Crippen molar-refractivity contribution in [3.63, 3.8) is 0 Å². The Morgan fingerprint density at radius 2 is 1.83 bits per heavy atom. The molecule has 2 fully saturated rings. The number of non-ortho nitro benzene ring substituents is 1. The average Bonchev–Trinajstić information content (AvgIpc) is 3.60. The quantitative estimate of drug-likeness (QED) is 0.232. The SMILES string of the molecule is COc1ccc([N+](=O)[O-])cc1N1C(=O)[C@@H]2[C@H](C1=O)[C@H]1c3ccccc3C=CN1[C@@H]2C(=O)c1ccco1. The van der Waals surface area contributed by atoms with Gasteiger partial charge in [0.15, 0.2) is 5.76 Å². The number of ketones is 1. The molecule has 6 rings (SSSR count). The van der Waals surface area contributed by atoms with Gasteiger partial charge in [-0.3, -0.25) is 24.5 Å². The Hall–Kier alpha value is -4.73. The van der Waals surface area contributed by atoms with Gasteiger partial charge in [0.2, 0.25) is 17.6 Å². The van der Waals surface area contributed by atoms with Crippen molar-refractivity contribution in [3.8, 4) is 5.75 Å². The van der Waals surface area contributed by atoms with Crippen molar-refractivity contribution >= 4 is 35.0 Å². The Balaban J connectivity index is 1.52. The number of imide groups is 1. The molecule has 0 radical (unpaired) electrons. The number of nitrogens with zero attached hydrogens (tertiary/aromatic N) is 3. The van der Waals surface area contributed by atoms with Crippen molar-refractivity contribution in [2.45, 2.75) is 12.1 Å². The molecule has 2 amide bonds. The van der Waals surface area contributed by atoms with Gasteiger partial charge >= 0.3 is 0 Å². The summed E-state index contributed by atoms with van der Waals surface area (Å²) in [4.78, 5) is 55.0. The molecule has 1 aromatic heterocycles. The van der Waals surface area contributed by atoms with Crippen LogP contribution in [0.15, 0.2) is 71.5 Å². The van der Waals surface area contributed by atoms with Crippen LogP contribution >= 0.6 is 0 Å². The molecule has 10 nitrogen and oxygen atoms in total. The van der Waals surface area contributed by atoms with Crippen LogP contribution < -0.4 is 9.64 Å². The second-order valence-electron chi connectivity index (χ2n) is 8.80. The van der Waals surface area contributed by atoms with Crippen molar-refractivity contribution in [2.24, 2.45) is 11.8 Å². The molecule has 0 unspecified atom stereocenters.